The third-order valence-electron chi connectivity index (χ3n) is 3.33. The average molecular weight is 330 g/mol. The maximum atomic E-state index is 12.5. The summed E-state index contributed by atoms with van der Waals surface area (Å²) in [4.78, 5) is 36.2. The van der Waals surface area contributed by atoms with Gasteiger partial charge in [0.05, 0.1) is 0 Å². The van der Waals surface area contributed by atoms with Crippen LogP contribution >= 0.6 is 23.2 Å². The molecular weight excluding hydrogens is 317 g/mol. The van der Waals surface area contributed by atoms with Crippen molar-refractivity contribution in [3.63, 3.8) is 0 Å². The molecule has 0 aliphatic carbocycles. The lowest BCUT2D eigenvalue weighted by molar-refractivity contribution is -0.131. The van der Waals surface area contributed by atoms with Crippen LogP contribution in [-0.4, -0.2) is 29.3 Å². The number of primary amides is 1. The number of carbonyl (C=O) groups is 3. The lowest BCUT2D eigenvalue weighted by Crippen LogP contribution is -2.41. The summed E-state index contributed by atoms with van der Waals surface area (Å²) >= 11 is 11.9. The van der Waals surface area contributed by atoms with Crippen molar-refractivity contribution in [3.05, 3.63) is 33.8 Å². The Bertz CT molecular complexity index is 635. The molecular formula is C13H13Cl2N3O3. The summed E-state index contributed by atoms with van der Waals surface area (Å²) in [5.74, 6) is -1.08. The second-order valence-electron chi connectivity index (χ2n) is 4.85. The minimum absolute atomic E-state index is 0.0687. The summed E-state index contributed by atoms with van der Waals surface area (Å²) in [5, 5.41) is 3.29. The standard InChI is InChI=1S/C13H13Cl2N3O3/c1-13(8-3-2-7(14)6-9(8)15)11(20)18(12(21)17-13)5-4-10(16)19/h2-3,6H,4-5H2,1H3,(H2,16,19)(H,17,21)/t13-/m1/s1. The number of nitrogens with zero attached hydrogens (tertiary/aromatic N) is 1. The molecule has 1 aromatic rings. The molecule has 0 spiro atoms. The molecule has 0 aromatic heterocycles. The molecule has 1 aliphatic rings. The Balaban J connectivity index is 2.33. The van der Waals surface area contributed by atoms with Gasteiger partial charge in [-0.25, -0.2) is 4.79 Å². The molecule has 1 aliphatic heterocycles. The van der Waals surface area contributed by atoms with Crippen LogP contribution in [0.2, 0.25) is 10.0 Å². The largest absolute Gasteiger partial charge is 0.370 e. The highest BCUT2D eigenvalue weighted by Gasteiger charge is 2.49. The number of halogens is 2. The summed E-state index contributed by atoms with van der Waals surface area (Å²) in [6.45, 7) is 1.48. The Labute approximate surface area is 131 Å². The maximum Gasteiger partial charge on any atom is 0.325 e. The number of imide groups is 1. The van der Waals surface area contributed by atoms with E-state index < -0.39 is 23.4 Å². The molecule has 112 valence electrons. The normalized spacial score (nSPS) is 21.6. The molecule has 1 saturated heterocycles. The lowest BCUT2D eigenvalue weighted by atomic mass is 9.92. The molecule has 1 aromatic carbocycles. The van der Waals surface area contributed by atoms with Crippen molar-refractivity contribution in [2.75, 3.05) is 6.54 Å². The fourth-order valence-corrected chi connectivity index (χ4v) is 2.80. The van der Waals surface area contributed by atoms with Crippen LogP contribution in [0.15, 0.2) is 18.2 Å². The molecule has 0 bridgehead atoms. The predicted octanol–water partition coefficient (Wildman–Crippen LogP) is 1.64. The summed E-state index contributed by atoms with van der Waals surface area (Å²) in [5.41, 5.74) is 4.18. The van der Waals surface area contributed by atoms with Crippen molar-refractivity contribution < 1.29 is 14.4 Å². The second kappa shape index (κ2) is 5.54. The molecule has 1 fully saturated rings. The monoisotopic (exact) mass is 329 g/mol. The topological polar surface area (TPSA) is 92.5 Å². The molecule has 6 nitrogen and oxygen atoms in total. The van der Waals surface area contributed by atoms with Gasteiger partial charge in [0.25, 0.3) is 5.91 Å². The van der Waals surface area contributed by atoms with Gasteiger partial charge in [0, 0.05) is 28.6 Å². The van der Waals surface area contributed by atoms with Crippen LogP contribution in [0.3, 0.4) is 0 Å². The predicted molar refractivity (Wildman–Crippen MR) is 77.9 cm³/mol. The summed E-state index contributed by atoms with van der Waals surface area (Å²) in [6.07, 6.45) is -0.0937. The number of nitrogens with two attached hydrogens (primary N) is 1. The second-order valence-corrected chi connectivity index (χ2v) is 5.70. The van der Waals surface area contributed by atoms with Crippen molar-refractivity contribution in [2.24, 2.45) is 5.73 Å². The lowest BCUT2D eigenvalue weighted by Gasteiger charge is -2.23. The average Bonchev–Trinajstić information content (AvgIpc) is 2.58. The third-order valence-corrected chi connectivity index (χ3v) is 3.87. The number of urea groups is 1. The zero-order valence-corrected chi connectivity index (χ0v) is 12.7. The van der Waals surface area contributed by atoms with Gasteiger partial charge in [-0.1, -0.05) is 29.3 Å². The molecule has 8 heteroatoms. The van der Waals surface area contributed by atoms with Crippen molar-refractivity contribution in [2.45, 2.75) is 18.9 Å². The first-order valence-electron chi connectivity index (χ1n) is 6.13. The van der Waals surface area contributed by atoms with Gasteiger partial charge in [-0.3, -0.25) is 14.5 Å². The molecule has 21 heavy (non-hydrogen) atoms. The van der Waals surface area contributed by atoms with Crippen molar-refractivity contribution in [1.29, 1.82) is 0 Å². The van der Waals surface area contributed by atoms with E-state index in [-0.39, 0.29) is 18.0 Å². The Kier molecular flexibility index (Phi) is 4.11. The first-order chi connectivity index (χ1) is 9.75. The van der Waals surface area contributed by atoms with Crippen LogP contribution in [-0.2, 0) is 15.1 Å². The van der Waals surface area contributed by atoms with Gasteiger partial charge in [0.2, 0.25) is 5.91 Å². The van der Waals surface area contributed by atoms with Crippen LogP contribution in [0.5, 0.6) is 0 Å². The smallest absolute Gasteiger partial charge is 0.325 e. The highest BCUT2D eigenvalue weighted by atomic mass is 35.5. The zero-order valence-electron chi connectivity index (χ0n) is 11.2. The maximum absolute atomic E-state index is 12.5. The fourth-order valence-electron chi connectivity index (χ4n) is 2.20. The molecule has 0 unspecified atom stereocenters. The molecule has 3 N–H and O–H groups in total. The van der Waals surface area contributed by atoms with E-state index in [1.54, 1.807) is 19.1 Å². The number of nitrogens with one attached hydrogen (secondary N) is 1. The highest BCUT2D eigenvalue weighted by Crippen LogP contribution is 2.34. The number of hydrogen-bond donors (Lipinski definition) is 2. The first-order valence-corrected chi connectivity index (χ1v) is 6.89. The van der Waals surface area contributed by atoms with E-state index >= 15 is 0 Å². The molecule has 2 rings (SSSR count). The number of amides is 4. The molecule has 4 amide bonds. The SMILES string of the molecule is C[C@]1(c2ccc(Cl)cc2Cl)NC(=O)N(CCC(N)=O)C1=O. The molecule has 1 heterocycles. The Morgan fingerprint density at radius 3 is 2.62 bits per heavy atom. The van der Waals surface area contributed by atoms with Gasteiger partial charge in [-0.2, -0.15) is 0 Å². The van der Waals surface area contributed by atoms with Crippen molar-refractivity contribution >= 4 is 41.0 Å². The van der Waals surface area contributed by atoms with Gasteiger partial charge in [-0.15, -0.1) is 0 Å². The van der Waals surface area contributed by atoms with E-state index in [9.17, 15) is 14.4 Å². The van der Waals surface area contributed by atoms with Gasteiger partial charge in [0.15, 0.2) is 0 Å². The molecule has 0 radical (unpaired) electrons. The van der Waals surface area contributed by atoms with Crippen molar-refractivity contribution in [3.8, 4) is 0 Å². The minimum atomic E-state index is -1.30. The van der Waals surface area contributed by atoms with Crippen LogP contribution in [0.1, 0.15) is 18.9 Å². The van der Waals surface area contributed by atoms with Crippen LogP contribution in [0, 0.1) is 0 Å². The fraction of sp³-hybridized carbons (Fsp3) is 0.308. The quantitative estimate of drug-likeness (QED) is 0.822. The van der Waals surface area contributed by atoms with Gasteiger partial charge < -0.3 is 11.1 Å². The molecule has 0 saturated carbocycles. The van der Waals surface area contributed by atoms with Gasteiger partial charge in [0.1, 0.15) is 5.54 Å². The van der Waals surface area contributed by atoms with E-state index in [2.05, 4.69) is 5.32 Å². The number of carbonyl (C=O) groups excluding carboxylic acids is 3. The van der Waals surface area contributed by atoms with E-state index in [4.69, 9.17) is 28.9 Å². The summed E-state index contributed by atoms with van der Waals surface area (Å²) in [7, 11) is 0. The summed E-state index contributed by atoms with van der Waals surface area (Å²) in [6, 6.07) is 4.07. The van der Waals surface area contributed by atoms with E-state index in [0.717, 1.165) is 4.90 Å². The number of hydrogen-bond acceptors (Lipinski definition) is 3. The van der Waals surface area contributed by atoms with Gasteiger partial charge >= 0.3 is 6.03 Å². The number of rotatable bonds is 4. The van der Waals surface area contributed by atoms with E-state index in [1.165, 1.54) is 6.07 Å². The minimum Gasteiger partial charge on any atom is -0.370 e. The van der Waals surface area contributed by atoms with Crippen LogP contribution in [0.4, 0.5) is 4.79 Å². The first kappa shape index (κ1) is 15.6. The van der Waals surface area contributed by atoms with Crippen LogP contribution < -0.4 is 11.1 Å². The third kappa shape index (κ3) is 2.82. The van der Waals surface area contributed by atoms with E-state index in [1.807, 2.05) is 0 Å². The summed E-state index contributed by atoms with van der Waals surface area (Å²) < 4.78 is 0. The van der Waals surface area contributed by atoms with E-state index in [0.29, 0.717) is 10.6 Å². The Morgan fingerprint density at radius 2 is 2.05 bits per heavy atom. The van der Waals surface area contributed by atoms with Crippen LogP contribution in [0.25, 0.3) is 0 Å². The zero-order chi connectivity index (χ0) is 15.8. The van der Waals surface area contributed by atoms with Crippen molar-refractivity contribution in [1.82, 2.24) is 10.2 Å². The Morgan fingerprint density at radius 1 is 1.38 bits per heavy atom. The molecule has 1 atom stereocenters. The highest BCUT2D eigenvalue weighted by molar-refractivity contribution is 6.35. The number of benzene rings is 1. The van der Waals surface area contributed by atoms with Gasteiger partial charge in [-0.05, 0) is 19.1 Å². The Hall–Kier alpha value is -1.79.